The summed E-state index contributed by atoms with van der Waals surface area (Å²) >= 11 is 0. The maximum absolute atomic E-state index is 12.9. The van der Waals surface area contributed by atoms with Crippen molar-refractivity contribution in [3.8, 4) is 11.5 Å². The number of carbonyl (C=O) groups excluding carboxylic acids is 1. The second-order valence-electron chi connectivity index (χ2n) is 6.37. The minimum Gasteiger partial charge on any atom is -0.497 e. The van der Waals surface area contributed by atoms with Gasteiger partial charge in [0.25, 0.3) is 0 Å². The van der Waals surface area contributed by atoms with Gasteiger partial charge in [-0.2, -0.15) is 0 Å². The smallest absolute Gasteiger partial charge is 0.227 e. The van der Waals surface area contributed by atoms with Gasteiger partial charge in [0.05, 0.1) is 20.1 Å². The van der Waals surface area contributed by atoms with E-state index in [-0.39, 0.29) is 17.7 Å². The fourth-order valence-corrected chi connectivity index (χ4v) is 3.74. The van der Waals surface area contributed by atoms with E-state index < -0.39 is 0 Å². The molecule has 0 aliphatic carbocycles. The van der Waals surface area contributed by atoms with Crippen molar-refractivity contribution in [3.05, 3.63) is 23.8 Å². The summed E-state index contributed by atoms with van der Waals surface area (Å²) in [7, 11) is 3.32. The van der Waals surface area contributed by atoms with E-state index in [1.165, 1.54) is 6.42 Å². The summed E-state index contributed by atoms with van der Waals surface area (Å²) in [5, 5.41) is 3.39. The van der Waals surface area contributed by atoms with E-state index in [9.17, 15) is 4.79 Å². The number of benzene rings is 1. The highest BCUT2D eigenvalue weighted by atomic mass is 16.5. The van der Waals surface area contributed by atoms with Gasteiger partial charge in [0.1, 0.15) is 11.5 Å². The monoisotopic (exact) mass is 318 g/mol. The molecule has 1 amide bonds. The molecule has 0 saturated carbocycles. The number of methoxy groups -OCH3 is 2. The molecule has 0 radical (unpaired) electrons. The third-order valence-electron chi connectivity index (χ3n) is 5.04. The Hall–Kier alpha value is -1.75. The summed E-state index contributed by atoms with van der Waals surface area (Å²) in [6, 6.07) is 5.88. The van der Waals surface area contributed by atoms with Crippen LogP contribution in [0.25, 0.3) is 0 Å². The van der Waals surface area contributed by atoms with E-state index in [1.54, 1.807) is 14.2 Å². The Labute approximate surface area is 137 Å². The Morgan fingerprint density at radius 1 is 1.13 bits per heavy atom. The van der Waals surface area contributed by atoms with Crippen LogP contribution in [-0.2, 0) is 4.79 Å². The average molecular weight is 318 g/mol. The summed E-state index contributed by atoms with van der Waals surface area (Å²) in [5.74, 6) is 2.02. The molecule has 1 N–H and O–H groups in total. The zero-order chi connectivity index (χ0) is 16.2. The lowest BCUT2D eigenvalue weighted by molar-refractivity contribution is -0.136. The zero-order valence-electron chi connectivity index (χ0n) is 14.0. The molecule has 1 aromatic rings. The van der Waals surface area contributed by atoms with Crippen molar-refractivity contribution in [3.63, 3.8) is 0 Å². The summed E-state index contributed by atoms with van der Waals surface area (Å²) in [5.41, 5.74) is 1.09. The van der Waals surface area contributed by atoms with Crippen molar-refractivity contribution >= 4 is 5.91 Å². The second-order valence-corrected chi connectivity index (χ2v) is 6.37. The number of carbonyl (C=O) groups is 1. The van der Waals surface area contributed by atoms with Crippen LogP contribution in [0.2, 0.25) is 0 Å². The molecule has 0 spiro atoms. The van der Waals surface area contributed by atoms with Crippen LogP contribution in [0.1, 0.15) is 30.7 Å². The Bertz CT molecular complexity index is 555. The van der Waals surface area contributed by atoms with Crippen molar-refractivity contribution in [1.29, 1.82) is 0 Å². The third-order valence-corrected chi connectivity index (χ3v) is 5.04. The van der Waals surface area contributed by atoms with E-state index >= 15 is 0 Å². The van der Waals surface area contributed by atoms with Gasteiger partial charge < -0.3 is 19.7 Å². The SMILES string of the molecule is COc1ccc(C2CNCC2C(=O)N2CCCCC2)c(OC)c1. The van der Waals surface area contributed by atoms with Crippen LogP contribution in [0.15, 0.2) is 18.2 Å². The molecule has 2 saturated heterocycles. The van der Waals surface area contributed by atoms with Gasteiger partial charge in [0.15, 0.2) is 0 Å². The van der Waals surface area contributed by atoms with Crippen molar-refractivity contribution in [2.45, 2.75) is 25.2 Å². The topological polar surface area (TPSA) is 50.8 Å². The number of hydrogen-bond donors (Lipinski definition) is 1. The molecule has 5 heteroatoms. The number of piperidine rings is 1. The van der Waals surface area contributed by atoms with Crippen LogP contribution in [-0.4, -0.2) is 51.2 Å². The van der Waals surface area contributed by atoms with Gasteiger partial charge in [-0.1, -0.05) is 6.07 Å². The first-order valence-corrected chi connectivity index (χ1v) is 8.46. The van der Waals surface area contributed by atoms with Gasteiger partial charge in [-0.15, -0.1) is 0 Å². The van der Waals surface area contributed by atoms with Gasteiger partial charge in [-0.05, 0) is 30.9 Å². The molecule has 2 fully saturated rings. The fourth-order valence-electron chi connectivity index (χ4n) is 3.74. The Morgan fingerprint density at radius 2 is 1.91 bits per heavy atom. The number of rotatable bonds is 4. The first kappa shape index (κ1) is 16.1. The van der Waals surface area contributed by atoms with Crippen LogP contribution in [0.3, 0.4) is 0 Å². The highest BCUT2D eigenvalue weighted by Crippen LogP contribution is 2.37. The van der Waals surface area contributed by atoms with Crippen LogP contribution in [0.4, 0.5) is 0 Å². The fraction of sp³-hybridized carbons (Fsp3) is 0.611. The highest BCUT2D eigenvalue weighted by Gasteiger charge is 2.38. The maximum Gasteiger partial charge on any atom is 0.227 e. The summed E-state index contributed by atoms with van der Waals surface area (Å²) in [6.45, 7) is 3.37. The highest BCUT2D eigenvalue weighted by molar-refractivity contribution is 5.81. The lowest BCUT2D eigenvalue weighted by atomic mass is 9.87. The lowest BCUT2D eigenvalue weighted by Gasteiger charge is -2.31. The minimum absolute atomic E-state index is 0.00426. The first-order valence-electron chi connectivity index (χ1n) is 8.46. The Balaban J connectivity index is 1.82. The largest absolute Gasteiger partial charge is 0.497 e. The number of hydrogen-bond acceptors (Lipinski definition) is 4. The number of ether oxygens (including phenoxy) is 2. The molecule has 2 atom stereocenters. The molecule has 2 heterocycles. The molecular formula is C18H26N2O3. The quantitative estimate of drug-likeness (QED) is 0.923. The number of likely N-dealkylation sites (tertiary alicyclic amines) is 1. The van der Waals surface area contributed by atoms with E-state index in [0.29, 0.717) is 0 Å². The van der Waals surface area contributed by atoms with Gasteiger partial charge in [0.2, 0.25) is 5.91 Å². The second kappa shape index (κ2) is 7.21. The first-order chi connectivity index (χ1) is 11.2. The molecule has 3 rings (SSSR count). The normalized spacial score (nSPS) is 24.5. The van der Waals surface area contributed by atoms with Crippen molar-refractivity contribution < 1.29 is 14.3 Å². The molecule has 5 nitrogen and oxygen atoms in total. The molecule has 2 aliphatic rings. The van der Waals surface area contributed by atoms with Crippen LogP contribution >= 0.6 is 0 Å². The number of nitrogens with one attached hydrogen (secondary N) is 1. The zero-order valence-corrected chi connectivity index (χ0v) is 14.0. The van der Waals surface area contributed by atoms with Gasteiger partial charge in [0, 0.05) is 38.2 Å². The van der Waals surface area contributed by atoms with Gasteiger partial charge in [-0.3, -0.25) is 4.79 Å². The predicted molar refractivity (Wildman–Crippen MR) is 89.1 cm³/mol. The van der Waals surface area contributed by atoms with Gasteiger partial charge >= 0.3 is 0 Å². The molecule has 2 aliphatic heterocycles. The standard InChI is InChI=1S/C18H26N2O3/c1-22-13-6-7-14(17(10-13)23-2)15-11-19-12-16(15)18(21)20-8-4-3-5-9-20/h6-7,10,15-16,19H,3-5,8-9,11-12H2,1-2H3. The molecule has 126 valence electrons. The molecule has 0 aromatic heterocycles. The van der Waals surface area contributed by atoms with Crippen LogP contribution < -0.4 is 14.8 Å². The minimum atomic E-state index is -0.00426. The molecule has 2 unspecified atom stereocenters. The predicted octanol–water partition coefficient (Wildman–Crippen LogP) is 2.02. The summed E-state index contributed by atoms with van der Waals surface area (Å²) in [4.78, 5) is 15.0. The molecular weight excluding hydrogens is 292 g/mol. The van der Waals surface area contributed by atoms with Crippen molar-refractivity contribution in [1.82, 2.24) is 10.2 Å². The Kier molecular flexibility index (Phi) is 5.06. The number of amides is 1. The summed E-state index contributed by atoms with van der Waals surface area (Å²) in [6.07, 6.45) is 3.49. The molecule has 0 bridgehead atoms. The molecule has 23 heavy (non-hydrogen) atoms. The Morgan fingerprint density at radius 3 is 2.61 bits per heavy atom. The van der Waals surface area contributed by atoms with E-state index in [0.717, 1.165) is 56.1 Å². The van der Waals surface area contributed by atoms with Crippen LogP contribution in [0.5, 0.6) is 11.5 Å². The van der Waals surface area contributed by atoms with Gasteiger partial charge in [-0.25, -0.2) is 0 Å². The number of nitrogens with zero attached hydrogens (tertiary/aromatic N) is 1. The lowest BCUT2D eigenvalue weighted by Crippen LogP contribution is -2.41. The maximum atomic E-state index is 12.9. The van der Waals surface area contributed by atoms with Crippen molar-refractivity contribution in [2.75, 3.05) is 40.4 Å². The summed E-state index contributed by atoms with van der Waals surface area (Å²) < 4.78 is 10.8. The third kappa shape index (κ3) is 3.29. The van der Waals surface area contributed by atoms with E-state index in [2.05, 4.69) is 5.32 Å². The van der Waals surface area contributed by atoms with E-state index in [4.69, 9.17) is 9.47 Å². The average Bonchev–Trinajstić information content (AvgIpc) is 3.10. The van der Waals surface area contributed by atoms with Crippen molar-refractivity contribution in [2.24, 2.45) is 5.92 Å². The molecule has 1 aromatic carbocycles. The van der Waals surface area contributed by atoms with E-state index in [1.807, 2.05) is 23.1 Å². The van der Waals surface area contributed by atoms with Crippen LogP contribution in [0, 0.1) is 5.92 Å².